The first kappa shape index (κ1) is 19.5. The third-order valence-corrected chi connectivity index (χ3v) is 5.57. The molecule has 0 atom stereocenters. The number of rotatable bonds is 5. The highest BCUT2D eigenvalue weighted by Gasteiger charge is 2.20. The van der Waals surface area contributed by atoms with E-state index in [2.05, 4.69) is 5.32 Å². The van der Waals surface area contributed by atoms with Gasteiger partial charge in [0.1, 0.15) is 0 Å². The van der Waals surface area contributed by atoms with E-state index >= 15 is 0 Å². The van der Waals surface area contributed by atoms with E-state index in [0.717, 1.165) is 11.3 Å². The van der Waals surface area contributed by atoms with Gasteiger partial charge in [-0.3, -0.25) is 0 Å². The molecule has 2 N–H and O–H groups in total. The van der Waals surface area contributed by atoms with Gasteiger partial charge in [-0.25, -0.2) is 0 Å². The third-order valence-electron chi connectivity index (χ3n) is 3.99. The molecule has 0 aliphatic carbocycles. The number of aromatic nitrogens is 1. The second kappa shape index (κ2) is 8.63. The first-order valence-electron chi connectivity index (χ1n) is 8.14. The van der Waals surface area contributed by atoms with E-state index in [1.54, 1.807) is 41.2 Å². The van der Waals surface area contributed by atoms with Crippen LogP contribution in [0.15, 0.2) is 60.2 Å². The number of aliphatic hydroxyl groups is 1. The maximum absolute atomic E-state index is 13.1. The van der Waals surface area contributed by atoms with Crippen LogP contribution in [0.4, 0.5) is 5.69 Å². The van der Waals surface area contributed by atoms with Crippen molar-refractivity contribution >= 4 is 57.3 Å². The summed E-state index contributed by atoms with van der Waals surface area (Å²) in [6.07, 6.45) is 3.43. The van der Waals surface area contributed by atoms with Gasteiger partial charge in [-0.15, -0.1) is 11.3 Å². The van der Waals surface area contributed by atoms with E-state index in [9.17, 15) is 10.2 Å². The summed E-state index contributed by atoms with van der Waals surface area (Å²) >= 11 is 13.1. The lowest BCUT2D eigenvalue weighted by atomic mass is 10.2. The molecule has 2 aromatic heterocycles. The fraction of sp³-hybridized carbons (Fsp3) is 0.100. The lowest BCUT2D eigenvalue weighted by Gasteiger charge is -2.17. The van der Waals surface area contributed by atoms with Crippen LogP contribution < -0.4 is 15.0 Å². The van der Waals surface area contributed by atoms with Crippen LogP contribution in [0.3, 0.4) is 0 Å². The van der Waals surface area contributed by atoms with E-state index in [-0.39, 0.29) is 17.4 Å². The summed E-state index contributed by atoms with van der Waals surface area (Å²) in [5.74, 6) is -0.192. The molecule has 0 saturated heterocycles. The number of hydrogen-bond donors (Lipinski definition) is 2. The maximum atomic E-state index is 13.1. The van der Waals surface area contributed by atoms with Crippen LogP contribution >= 0.6 is 35.2 Å². The molecule has 0 spiro atoms. The van der Waals surface area contributed by atoms with Gasteiger partial charge in [0.25, 0.3) is 0 Å². The lowest BCUT2D eigenvalue weighted by Crippen LogP contribution is -2.40. The highest BCUT2D eigenvalue weighted by Crippen LogP contribution is 2.25. The predicted octanol–water partition coefficient (Wildman–Crippen LogP) is 3.62. The molecular weight excluding hydrogens is 400 g/mol. The van der Waals surface area contributed by atoms with Gasteiger partial charge in [-0.1, -0.05) is 36.0 Å². The van der Waals surface area contributed by atoms with Gasteiger partial charge >= 0.3 is 0 Å². The minimum atomic E-state index is -0.192. The number of anilines is 1. The van der Waals surface area contributed by atoms with Gasteiger partial charge < -0.3 is 15.5 Å². The zero-order valence-electron chi connectivity index (χ0n) is 14.5. The van der Waals surface area contributed by atoms with Crippen LogP contribution in [0.25, 0.3) is 11.5 Å². The molecular formula is C20H17ClN2O2S2. The maximum Gasteiger partial charge on any atom is 0.239 e. The Kier molecular flexibility index (Phi) is 6.23. The van der Waals surface area contributed by atoms with Gasteiger partial charge in [0, 0.05) is 27.2 Å². The van der Waals surface area contributed by atoms with E-state index in [1.165, 1.54) is 11.3 Å². The monoisotopic (exact) mass is 416 g/mol. The molecule has 0 aliphatic heterocycles. The minimum absolute atomic E-state index is 0.130. The van der Waals surface area contributed by atoms with Crippen molar-refractivity contribution in [2.24, 2.45) is 0 Å². The lowest BCUT2D eigenvalue weighted by molar-refractivity contribution is -0.578. The molecule has 0 radical (unpaired) electrons. The number of halogens is 1. The number of thiophene rings is 1. The number of aliphatic hydroxyl groups excluding tert-OH is 1. The Hall–Kier alpha value is -2.25. The standard InChI is InChI=1S/C20H17ClN2O2S2/c1-13-15(21)6-2-7-16(13)22-20(26)18(19(25)17-8-4-10-27-17)23-9-3-5-14(11-23)12-24/h2-11,24H,12H2,1H3,(H-,22,25,26). The molecule has 27 heavy (non-hydrogen) atoms. The second-order valence-electron chi connectivity index (χ2n) is 5.80. The Bertz CT molecular complexity index is 1000. The summed E-state index contributed by atoms with van der Waals surface area (Å²) in [4.78, 5) is 0.859. The number of pyridine rings is 1. The van der Waals surface area contributed by atoms with Gasteiger partial charge in [0.05, 0.1) is 6.61 Å². The molecule has 7 heteroatoms. The fourth-order valence-corrected chi connectivity index (χ4v) is 3.69. The average molecular weight is 417 g/mol. The van der Waals surface area contributed by atoms with Crippen LogP contribution in [0, 0.1) is 6.92 Å². The third kappa shape index (κ3) is 4.36. The molecule has 4 nitrogen and oxygen atoms in total. The van der Waals surface area contributed by atoms with E-state index in [4.69, 9.17) is 23.8 Å². The Morgan fingerprint density at radius 3 is 2.78 bits per heavy atom. The van der Waals surface area contributed by atoms with Crippen molar-refractivity contribution in [3.8, 4) is 0 Å². The van der Waals surface area contributed by atoms with Crippen molar-refractivity contribution in [1.29, 1.82) is 0 Å². The molecule has 3 aromatic rings. The van der Waals surface area contributed by atoms with Crippen LogP contribution in [-0.2, 0) is 6.61 Å². The number of benzene rings is 1. The summed E-state index contributed by atoms with van der Waals surface area (Å²) in [5, 5.41) is 28.2. The molecule has 2 heterocycles. The van der Waals surface area contributed by atoms with E-state index < -0.39 is 0 Å². The topological polar surface area (TPSA) is 59.2 Å². The largest absolute Gasteiger partial charge is 0.867 e. The van der Waals surface area contributed by atoms with Gasteiger partial charge in [-0.05, 0) is 47.9 Å². The average Bonchev–Trinajstić information content (AvgIpc) is 3.20. The van der Waals surface area contributed by atoms with E-state index in [0.29, 0.717) is 21.2 Å². The zero-order valence-corrected chi connectivity index (χ0v) is 16.9. The number of hydrogen-bond acceptors (Lipinski definition) is 4. The predicted molar refractivity (Wildman–Crippen MR) is 112 cm³/mol. The van der Waals surface area contributed by atoms with Crippen LogP contribution in [0.5, 0.6) is 0 Å². The first-order chi connectivity index (χ1) is 13.0. The summed E-state index contributed by atoms with van der Waals surface area (Å²) in [7, 11) is 0. The smallest absolute Gasteiger partial charge is 0.239 e. The van der Waals surface area contributed by atoms with Crippen LogP contribution in [0.1, 0.15) is 16.0 Å². The Morgan fingerprint density at radius 2 is 2.07 bits per heavy atom. The van der Waals surface area contributed by atoms with Crippen molar-refractivity contribution in [3.05, 3.63) is 81.3 Å². The Morgan fingerprint density at radius 1 is 1.26 bits per heavy atom. The Balaban J connectivity index is 2.08. The molecule has 0 bridgehead atoms. The molecule has 3 rings (SSSR count). The number of nitrogens with one attached hydrogen (secondary N) is 1. The fourth-order valence-electron chi connectivity index (χ4n) is 2.54. The van der Waals surface area contributed by atoms with Crippen LogP contribution in [0.2, 0.25) is 5.02 Å². The normalized spacial score (nSPS) is 11.8. The van der Waals surface area contributed by atoms with Gasteiger partial charge in [-0.2, -0.15) is 4.57 Å². The van der Waals surface area contributed by atoms with Crippen molar-refractivity contribution in [1.82, 2.24) is 0 Å². The molecule has 0 aliphatic rings. The quantitative estimate of drug-likeness (QED) is 0.288. The zero-order chi connectivity index (χ0) is 19.4. The SMILES string of the molecule is Cc1c(Cl)cccc1NC(=S)C(=C([O-])c1cccs1)[n+]1cccc(CO)c1. The van der Waals surface area contributed by atoms with Gasteiger partial charge in [0.15, 0.2) is 17.4 Å². The molecule has 0 saturated carbocycles. The summed E-state index contributed by atoms with van der Waals surface area (Å²) in [6, 6.07) is 12.6. The molecule has 0 unspecified atom stereocenters. The molecule has 1 aromatic carbocycles. The first-order valence-corrected chi connectivity index (χ1v) is 9.81. The van der Waals surface area contributed by atoms with Crippen LogP contribution in [-0.4, -0.2) is 10.1 Å². The minimum Gasteiger partial charge on any atom is -0.867 e. The van der Waals surface area contributed by atoms with Crippen molar-refractivity contribution in [2.75, 3.05) is 5.32 Å². The Labute approximate surface area is 172 Å². The summed E-state index contributed by atoms with van der Waals surface area (Å²) < 4.78 is 1.64. The molecule has 0 fully saturated rings. The molecule has 138 valence electrons. The van der Waals surface area contributed by atoms with Crippen molar-refractivity contribution in [2.45, 2.75) is 13.5 Å². The highest BCUT2D eigenvalue weighted by molar-refractivity contribution is 7.81. The summed E-state index contributed by atoms with van der Waals surface area (Å²) in [5.41, 5.74) is 2.57. The highest BCUT2D eigenvalue weighted by atomic mass is 35.5. The van der Waals surface area contributed by atoms with Crippen molar-refractivity contribution in [3.63, 3.8) is 0 Å². The van der Waals surface area contributed by atoms with Crippen molar-refractivity contribution < 1.29 is 14.8 Å². The molecule has 0 amide bonds. The van der Waals surface area contributed by atoms with Gasteiger partial charge in [0.2, 0.25) is 5.70 Å². The number of thiocarbonyl (C=S) groups is 1. The number of nitrogens with zero attached hydrogens (tertiary/aromatic N) is 1. The summed E-state index contributed by atoms with van der Waals surface area (Å²) in [6.45, 7) is 1.75. The second-order valence-corrected chi connectivity index (χ2v) is 7.56. The van der Waals surface area contributed by atoms with E-state index in [1.807, 2.05) is 30.5 Å².